The number of hydrogen-bond donors (Lipinski definition) is 1. The highest BCUT2D eigenvalue weighted by Crippen LogP contribution is 2.46. The molecular formula is C13H17N5S. The van der Waals surface area contributed by atoms with Crippen molar-refractivity contribution in [3.05, 3.63) is 30.1 Å². The molecule has 1 saturated carbocycles. The van der Waals surface area contributed by atoms with Gasteiger partial charge in [0.1, 0.15) is 5.82 Å². The number of aryl methyl sites for hydroxylation is 1. The van der Waals surface area contributed by atoms with E-state index in [2.05, 4.69) is 26.9 Å². The van der Waals surface area contributed by atoms with Crippen molar-refractivity contribution >= 4 is 17.6 Å². The van der Waals surface area contributed by atoms with E-state index in [0.29, 0.717) is 4.75 Å². The standard InChI is InChI=1S/C13H17N5S/c1-10-5-8-18(17-10)12-4-3-11(15-16-12)14-9-13(19-2)6-7-13/h3-5,8H,6-7,9H2,1-2H3,(H,14,15). The summed E-state index contributed by atoms with van der Waals surface area (Å²) in [5.41, 5.74) is 0.972. The third kappa shape index (κ3) is 2.73. The van der Waals surface area contributed by atoms with Crippen LogP contribution < -0.4 is 5.32 Å². The molecule has 0 amide bonds. The summed E-state index contributed by atoms with van der Waals surface area (Å²) < 4.78 is 2.16. The summed E-state index contributed by atoms with van der Waals surface area (Å²) in [7, 11) is 0. The Morgan fingerprint density at radius 1 is 1.32 bits per heavy atom. The molecule has 2 aromatic heterocycles. The summed E-state index contributed by atoms with van der Waals surface area (Å²) in [5, 5.41) is 16.1. The molecule has 0 radical (unpaired) electrons. The van der Waals surface area contributed by atoms with E-state index in [4.69, 9.17) is 0 Å². The van der Waals surface area contributed by atoms with Gasteiger partial charge in [-0.25, -0.2) is 4.68 Å². The summed E-state index contributed by atoms with van der Waals surface area (Å²) in [4.78, 5) is 0. The molecule has 2 heterocycles. The van der Waals surface area contributed by atoms with Crippen molar-refractivity contribution in [2.75, 3.05) is 18.1 Å². The SMILES string of the molecule is CSC1(CNc2ccc(-n3ccc(C)n3)nn2)CC1. The zero-order valence-electron chi connectivity index (χ0n) is 11.1. The van der Waals surface area contributed by atoms with Gasteiger partial charge in [-0.05, 0) is 44.2 Å². The molecule has 0 aromatic carbocycles. The van der Waals surface area contributed by atoms with Crippen LogP contribution in [0, 0.1) is 6.92 Å². The average molecular weight is 275 g/mol. The van der Waals surface area contributed by atoms with Crippen molar-refractivity contribution in [3.63, 3.8) is 0 Å². The Kier molecular flexibility index (Phi) is 3.18. The van der Waals surface area contributed by atoms with E-state index in [1.807, 2.05) is 43.1 Å². The number of rotatable bonds is 5. The van der Waals surface area contributed by atoms with Gasteiger partial charge in [0.05, 0.1) is 5.69 Å². The van der Waals surface area contributed by atoms with Crippen LogP contribution in [0.1, 0.15) is 18.5 Å². The Morgan fingerprint density at radius 2 is 2.16 bits per heavy atom. The lowest BCUT2D eigenvalue weighted by atomic mass is 10.4. The first kappa shape index (κ1) is 12.5. The number of nitrogens with zero attached hydrogens (tertiary/aromatic N) is 4. The van der Waals surface area contributed by atoms with Crippen LogP contribution in [0.25, 0.3) is 5.82 Å². The highest BCUT2D eigenvalue weighted by atomic mass is 32.2. The van der Waals surface area contributed by atoms with Crippen molar-refractivity contribution in [1.82, 2.24) is 20.0 Å². The number of aromatic nitrogens is 4. The Balaban J connectivity index is 1.65. The lowest BCUT2D eigenvalue weighted by Gasteiger charge is -2.13. The molecule has 0 spiro atoms. The van der Waals surface area contributed by atoms with Crippen LogP contribution >= 0.6 is 11.8 Å². The quantitative estimate of drug-likeness (QED) is 0.907. The molecule has 100 valence electrons. The van der Waals surface area contributed by atoms with Gasteiger partial charge in [-0.1, -0.05) is 0 Å². The average Bonchev–Trinajstić information content (AvgIpc) is 3.11. The predicted molar refractivity (Wildman–Crippen MR) is 77.9 cm³/mol. The maximum Gasteiger partial charge on any atom is 0.175 e. The van der Waals surface area contributed by atoms with Crippen LogP contribution in [0.4, 0.5) is 5.82 Å². The molecule has 0 unspecified atom stereocenters. The van der Waals surface area contributed by atoms with E-state index >= 15 is 0 Å². The summed E-state index contributed by atoms with van der Waals surface area (Å²) in [6.07, 6.45) is 6.64. The summed E-state index contributed by atoms with van der Waals surface area (Å²) in [6, 6.07) is 5.83. The third-order valence-electron chi connectivity index (χ3n) is 3.44. The normalized spacial score (nSPS) is 16.3. The fourth-order valence-corrected chi connectivity index (χ4v) is 2.66. The van der Waals surface area contributed by atoms with Gasteiger partial charge in [0.25, 0.3) is 0 Å². The van der Waals surface area contributed by atoms with Crippen molar-refractivity contribution in [2.24, 2.45) is 0 Å². The lowest BCUT2D eigenvalue weighted by molar-refractivity contribution is 0.802. The lowest BCUT2D eigenvalue weighted by Crippen LogP contribution is -2.18. The zero-order valence-corrected chi connectivity index (χ0v) is 11.9. The monoisotopic (exact) mass is 275 g/mol. The second-order valence-electron chi connectivity index (χ2n) is 4.92. The molecule has 0 atom stereocenters. The fourth-order valence-electron chi connectivity index (χ4n) is 1.93. The van der Waals surface area contributed by atoms with Gasteiger partial charge in [0.2, 0.25) is 0 Å². The molecule has 0 aliphatic heterocycles. The first-order chi connectivity index (χ1) is 9.21. The molecule has 6 heteroatoms. The van der Waals surface area contributed by atoms with Gasteiger partial charge in [0.15, 0.2) is 5.82 Å². The molecule has 1 N–H and O–H groups in total. The smallest absolute Gasteiger partial charge is 0.175 e. The number of nitrogens with one attached hydrogen (secondary N) is 1. The minimum atomic E-state index is 0.430. The van der Waals surface area contributed by atoms with Gasteiger partial charge in [-0.3, -0.25) is 0 Å². The Morgan fingerprint density at radius 3 is 2.68 bits per heavy atom. The van der Waals surface area contributed by atoms with Crippen LogP contribution in [-0.2, 0) is 0 Å². The number of thioether (sulfide) groups is 1. The molecule has 2 aromatic rings. The first-order valence-electron chi connectivity index (χ1n) is 6.36. The van der Waals surface area contributed by atoms with Crippen LogP contribution in [0.2, 0.25) is 0 Å². The Labute approximate surface area is 116 Å². The maximum atomic E-state index is 4.31. The van der Waals surface area contributed by atoms with Crippen molar-refractivity contribution in [3.8, 4) is 5.82 Å². The van der Waals surface area contributed by atoms with Crippen LogP contribution in [0.15, 0.2) is 24.4 Å². The molecule has 5 nitrogen and oxygen atoms in total. The van der Waals surface area contributed by atoms with Crippen molar-refractivity contribution in [2.45, 2.75) is 24.5 Å². The second kappa shape index (κ2) is 4.85. The second-order valence-corrected chi connectivity index (χ2v) is 6.19. The Hall–Kier alpha value is -1.56. The highest BCUT2D eigenvalue weighted by molar-refractivity contribution is 8.00. The molecule has 1 fully saturated rings. The van der Waals surface area contributed by atoms with Gasteiger partial charge >= 0.3 is 0 Å². The van der Waals surface area contributed by atoms with E-state index in [1.54, 1.807) is 4.68 Å². The zero-order chi connectivity index (χ0) is 13.3. The van der Waals surface area contributed by atoms with Crippen LogP contribution in [0.3, 0.4) is 0 Å². The minimum Gasteiger partial charge on any atom is -0.367 e. The van der Waals surface area contributed by atoms with Gasteiger partial charge < -0.3 is 5.32 Å². The van der Waals surface area contributed by atoms with Crippen LogP contribution in [0.5, 0.6) is 0 Å². The molecule has 1 aliphatic rings. The summed E-state index contributed by atoms with van der Waals surface area (Å²) in [6.45, 7) is 2.92. The topological polar surface area (TPSA) is 55.6 Å². The molecule has 0 bridgehead atoms. The Bertz CT molecular complexity index is 559. The molecule has 0 saturated heterocycles. The maximum absolute atomic E-state index is 4.31. The van der Waals surface area contributed by atoms with E-state index < -0.39 is 0 Å². The van der Waals surface area contributed by atoms with Gasteiger partial charge in [-0.15, -0.1) is 10.2 Å². The van der Waals surface area contributed by atoms with E-state index in [9.17, 15) is 0 Å². The minimum absolute atomic E-state index is 0.430. The van der Waals surface area contributed by atoms with E-state index in [-0.39, 0.29) is 0 Å². The number of anilines is 1. The van der Waals surface area contributed by atoms with E-state index in [1.165, 1.54) is 12.8 Å². The highest BCUT2D eigenvalue weighted by Gasteiger charge is 2.41. The third-order valence-corrected chi connectivity index (χ3v) is 4.86. The summed E-state index contributed by atoms with van der Waals surface area (Å²) in [5.74, 6) is 1.57. The van der Waals surface area contributed by atoms with Crippen molar-refractivity contribution in [1.29, 1.82) is 0 Å². The van der Waals surface area contributed by atoms with Gasteiger partial charge in [-0.2, -0.15) is 16.9 Å². The largest absolute Gasteiger partial charge is 0.367 e. The molecule has 1 aliphatic carbocycles. The predicted octanol–water partition coefficient (Wildman–Crippen LogP) is 2.28. The van der Waals surface area contributed by atoms with E-state index in [0.717, 1.165) is 23.9 Å². The molecule has 3 rings (SSSR count). The summed E-state index contributed by atoms with van der Waals surface area (Å²) >= 11 is 1.94. The number of hydrogen-bond acceptors (Lipinski definition) is 5. The first-order valence-corrected chi connectivity index (χ1v) is 7.59. The van der Waals surface area contributed by atoms with Gasteiger partial charge in [0, 0.05) is 17.5 Å². The van der Waals surface area contributed by atoms with Crippen LogP contribution in [-0.4, -0.2) is 37.5 Å². The fraction of sp³-hybridized carbons (Fsp3) is 0.462. The molecule has 19 heavy (non-hydrogen) atoms. The van der Waals surface area contributed by atoms with Crippen molar-refractivity contribution < 1.29 is 0 Å². The molecular weight excluding hydrogens is 258 g/mol.